The van der Waals surface area contributed by atoms with Gasteiger partial charge in [-0.15, -0.1) is 0 Å². The minimum atomic E-state index is -0.458. The van der Waals surface area contributed by atoms with Crippen molar-refractivity contribution >= 4 is 17.5 Å². The Morgan fingerprint density at radius 2 is 2.00 bits per heavy atom. The largest absolute Gasteiger partial charge is 0.497 e. The zero-order valence-electron chi connectivity index (χ0n) is 16.0. The third-order valence-corrected chi connectivity index (χ3v) is 4.98. The van der Waals surface area contributed by atoms with Crippen molar-refractivity contribution < 1.29 is 19.0 Å². The van der Waals surface area contributed by atoms with E-state index in [2.05, 4.69) is 10.3 Å². The quantitative estimate of drug-likeness (QED) is 0.694. The summed E-state index contributed by atoms with van der Waals surface area (Å²) >= 11 is 6.29. The molecule has 4 rings (SSSR count). The van der Waals surface area contributed by atoms with Gasteiger partial charge in [-0.2, -0.15) is 0 Å². The van der Waals surface area contributed by atoms with Crippen LogP contribution in [-0.4, -0.2) is 35.8 Å². The molecule has 2 aromatic carbocycles. The van der Waals surface area contributed by atoms with Gasteiger partial charge in [-0.3, -0.25) is 4.79 Å². The highest BCUT2D eigenvalue weighted by Gasteiger charge is 2.24. The van der Waals surface area contributed by atoms with E-state index < -0.39 is 6.04 Å². The van der Waals surface area contributed by atoms with E-state index in [1.54, 1.807) is 25.4 Å². The highest BCUT2D eigenvalue weighted by Crippen LogP contribution is 2.38. The van der Waals surface area contributed by atoms with E-state index in [0.717, 1.165) is 11.3 Å². The van der Waals surface area contributed by atoms with Crippen LogP contribution in [0.3, 0.4) is 0 Å². The van der Waals surface area contributed by atoms with E-state index >= 15 is 0 Å². The van der Waals surface area contributed by atoms with Gasteiger partial charge < -0.3 is 24.1 Å². The van der Waals surface area contributed by atoms with Crippen molar-refractivity contribution in [3.63, 3.8) is 0 Å². The summed E-state index contributed by atoms with van der Waals surface area (Å²) in [5.41, 5.74) is 1.25. The van der Waals surface area contributed by atoms with Crippen LogP contribution in [0.2, 0.25) is 5.02 Å². The fraction of sp³-hybridized carbons (Fsp3) is 0.238. The predicted octanol–water partition coefficient (Wildman–Crippen LogP) is 3.37. The van der Waals surface area contributed by atoms with Crippen molar-refractivity contribution in [2.24, 2.45) is 7.05 Å². The van der Waals surface area contributed by atoms with Gasteiger partial charge in [0.05, 0.1) is 12.1 Å². The third kappa shape index (κ3) is 3.86. The minimum Gasteiger partial charge on any atom is -0.497 e. The van der Waals surface area contributed by atoms with Gasteiger partial charge in [-0.25, -0.2) is 4.98 Å². The van der Waals surface area contributed by atoms with Crippen LogP contribution >= 0.6 is 11.6 Å². The lowest BCUT2D eigenvalue weighted by atomic mass is 10.0. The molecular weight excluding hydrogens is 394 g/mol. The van der Waals surface area contributed by atoms with E-state index in [1.807, 2.05) is 42.1 Å². The number of fused-ring (bicyclic) bond motifs is 1. The van der Waals surface area contributed by atoms with E-state index in [0.29, 0.717) is 41.1 Å². The van der Waals surface area contributed by atoms with E-state index in [4.69, 9.17) is 25.8 Å². The van der Waals surface area contributed by atoms with Gasteiger partial charge in [0.2, 0.25) is 0 Å². The molecule has 0 radical (unpaired) electrons. The SMILES string of the molecule is COc1ccc(C(NC(=O)c2cc(Cl)c3c(c2)OCCO3)c2nccn2C)cc1. The Labute approximate surface area is 173 Å². The summed E-state index contributed by atoms with van der Waals surface area (Å²) in [5.74, 6) is 2.06. The summed E-state index contributed by atoms with van der Waals surface area (Å²) in [7, 11) is 3.49. The van der Waals surface area contributed by atoms with Crippen molar-refractivity contribution in [1.82, 2.24) is 14.9 Å². The van der Waals surface area contributed by atoms with Gasteiger partial charge in [0.15, 0.2) is 11.5 Å². The van der Waals surface area contributed by atoms with Crippen LogP contribution in [0.25, 0.3) is 0 Å². The van der Waals surface area contributed by atoms with Gasteiger partial charge in [-0.1, -0.05) is 23.7 Å². The summed E-state index contributed by atoms with van der Waals surface area (Å²) in [6, 6.07) is 10.2. The predicted molar refractivity (Wildman–Crippen MR) is 108 cm³/mol. The zero-order valence-corrected chi connectivity index (χ0v) is 16.8. The van der Waals surface area contributed by atoms with Crippen molar-refractivity contribution in [3.05, 3.63) is 70.8 Å². The second-order valence-electron chi connectivity index (χ2n) is 6.56. The number of hydrogen-bond donors (Lipinski definition) is 1. The number of nitrogens with one attached hydrogen (secondary N) is 1. The number of amides is 1. The average molecular weight is 414 g/mol. The second-order valence-corrected chi connectivity index (χ2v) is 6.97. The van der Waals surface area contributed by atoms with Crippen LogP contribution in [0.15, 0.2) is 48.8 Å². The molecule has 0 saturated carbocycles. The van der Waals surface area contributed by atoms with Crippen molar-refractivity contribution in [2.45, 2.75) is 6.04 Å². The second kappa shape index (κ2) is 8.05. The lowest BCUT2D eigenvalue weighted by Gasteiger charge is -2.22. The Hall–Kier alpha value is -3.19. The molecule has 1 aliphatic rings. The number of carbonyl (C=O) groups is 1. The summed E-state index contributed by atoms with van der Waals surface area (Å²) < 4.78 is 18.2. The van der Waals surface area contributed by atoms with Crippen LogP contribution in [0, 0.1) is 0 Å². The maximum Gasteiger partial charge on any atom is 0.252 e. The van der Waals surface area contributed by atoms with Crippen LogP contribution < -0.4 is 19.5 Å². The fourth-order valence-corrected chi connectivity index (χ4v) is 3.47. The first kappa shape index (κ1) is 19.1. The van der Waals surface area contributed by atoms with Crippen molar-refractivity contribution in [3.8, 4) is 17.2 Å². The third-order valence-electron chi connectivity index (χ3n) is 4.70. The average Bonchev–Trinajstić information content (AvgIpc) is 3.17. The number of aryl methyl sites for hydroxylation is 1. The lowest BCUT2D eigenvalue weighted by Crippen LogP contribution is -2.31. The van der Waals surface area contributed by atoms with E-state index in [-0.39, 0.29) is 5.91 Å². The number of carbonyl (C=O) groups excluding carboxylic acids is 1. The summed E-state index contributed by atoms with van der Waals surface area (Å²) in [4.78, 5) is 17.5. The molecule has 0 saturated heterocycles. The number of hydrogen-bond acceptors (Lipinski definition) is 5. The van der Waals surface area contributed by atoms with Gasteiger partial charge in [0.25, 0.3) is 5.91 Å². The number of benzene rings is 2. The van der Waals surface area contributed by atoms with Crippen LogP contribution in [0.4, 0.5) is 0 Å². The molecule has 29 heavy (non-hydrogen) atoms. The molecule has 3 aromatic rings. The number of rotatable bonds is 5. The molecule has 1 aliphatic heterocycles. The molecule has 0 fully saturated rings. The topological polar surface area (TPSA) is 74.6 Å². The Bertz CT molecular complexity index is 1030. The zero-order chi connectivity index (χ0) is 20.4. The van der Waals surface area contributed by atoms with Gasteiger partial charge >= 0.3 is 0 Å². The van der Waals surface area contributed by atoms with Crippen molar-refractivity contribution in [2.75, 3.05) is 20.3 Å². The molecule has 7 nitrogen and oxygen atoms in total. The van der Waals surface area contributed by atoms with Crippen LogP contribution in [0.5, 0.6) is 17.2 Å². The first-order valence-electron chi connectivity index (χ1n) is 9.08. The molecule has 0 bridgehead atoms. The highest BCUT2D eigenvalue weighted by atomic mass is 35.5. The standard InChI is InChI=1S/C21H20ClN3O4/c1-25-8-7-23-20(25)18(13-3-5-15(27-2)6-4-13)24-21(26)14-11-16(22)19-17(12-14)28-9-10-29-19/h3-8,11-12,18H,9-10H2,1-2H3,(H,24,26). The normalized spacial score (nSPS) is 13.6. The van der Waals surface area contributed by atoms with Crippen LogP contribution in [0.1, 0.15) is 27.8 Å². The van der Waals surface area contributed by atoms with Gasteiger partial charge in [0.1, 0.15) is 30.8 Å². The first-order valence-corrected chi connectivity index (χ1v) is 9.46. The maximum absolute atomic E-state index is 13.1. The fourth-order valence-electron chi connectivity index (χ4n) is 3.20. The van der Waals surface area contributed by atoms with E-state index in [9.17, 15) is 4.79 Å². The molecule has 1 amide bonds. The molecule has 1 aromatic heterocycles. The lowest BCUT2D eigenvalue weighted by molar-refractivity contribution is 0.0940. The Morgan fingerprint density at radius 3 is 2.69 bits per heavy atom. The molecule has 8 heteroatoms. The Balaban J connectivity index is 1.66. The molecule has 1 unspecified atom stereocenters. The molecular formula is C21H20ClN3O4. The Morgan fingerprint density at radius 1 is 1.24 bits per heavy atom. The van der Waals surface area contributed by atoms with Crippen molar-refractivity contribution in [1.29, 1.82) is 0 Å². The molecule has 2 heterocycles. The molecule has 150 valence electrons. The van der Waals surface area contributed by atoms with Crippen LogP contribution in [-0.2, 0) is 7.05 Å². The highest BCUT2D eigenvalue weighted by molar-refractivity contribution is 6.32. The number of methoxy groups -OCH3 is 1. The van der Waals surface area contributed by atoms with Gasteiger partial charge in [-0.05, 0) is 29.8 Å². The molecule has 1 N–H and O–H groups in total. The maximum atomic E-state index is 13.1. The number of aromatic nitrogens is 2. The molecule has 1 atom stereocenters. The molecule has 0 aliphatic carbocycles. The number of ether oxygens (including phenoxy) is 3. The first-order chi connectivity index (χ1) is 14.1. The number of nitrogens with zero attached hydrogens (tertiary/aromatic N) is 2. The summed E-state index contributed by atoms with van der Waals surface area (Å²) in [5, 5.41) is 3.38. The minimum absolute atomic E-state index is 0.298. The number of halogens is 1. The van der Waals surface area contributed by atoms with Gasteiger partial charge in [0, 0.05) is 25.0 Å². The number of imidazole rings is 1. The molecule has 0 spiro atoms. The van der Waals surface area contributed by atoms with E-state index in [1.165, 1.54) is 0 Å². The summed E-state index contributed by atoms with van der Waals surface area (Å²) in [6.07, 6.45) is 3.53. The monoisotopic (exact) mass is 413 g/mol. The summed E-state index contributed by atoms with van der Waals surface area (Å²) in [6.45, 7) is 0.840. The Kier molecular flexibility index (Phi) is 5.31. The smallest absolute Gasteiger partial charge is 0.252 e.